The SMILES string of the molecule is O=C(c1cncc(F)c1)N1CCCCC1C1CCCC1O. The first kappa shape index (κ1) is 14.4. The summed E-state index contributed by atoms with van der Waals surface area (Å²) in [6.45, 7) is 0.684. The Bertz CT molecular complexity index is 523. The van der Waals surface area contributed by atoms with Crippen LogP contribution in [0.3, 0.4) is 0 Å². The average molecular weight is 292 g/mol. The van der Waals surface area contributed by atoms with Crippen molar-refractivity contribution < 1.29 is 14.3 Å². The highest BCUT2D eigenvalue weighted by atomic mass is 19.1. The van der Waals surface area contributed by atoms with E-state index in [1.54, 1.807) is 0 Å². The zero-order valence-electron chi connectivity index (χ0n) is 12.0. The van der Waals surface area contributed by atoms with Gasteiger partial charge in [0.05, 0.1) is 17.9 Å². The van der Waals surface area contributed by atoms with Crippen LogP contribution >= 0.6 is 0 Å². The van der Waals surface area contributed by atoms with Crippen molar-refractivity contribution in [2.24, 2.45) is 5.92 Å². The molecule has 1 aromatic rings. The predicted octanol–water partition coefficient (Wildman–Crippen LogP) is 2.38. The van der Waals surface area contributed by atoms with Crippen molar-refractivity contribution in [3.8, 4) is 0 Å². The number of aliphatic hydroxyl groups is 1. The number of rotatable bonds is 2. The zero-order chi connectivity index (χ0) is 14.8. The lowest BCUT2D eigenvalue weighted by Crippen LogP contribution is -2.49. The fourth-order valence-electron chi connectivity index (χ4n) is 3.77. The fourth-order valence-corrected chi connectivity index (χ4v) is 3.77. The van der Waals surface area contributed by atoms with Crippen LogP contribution in [0.1, 0.15) is 48.9 Å². The molecule has 114 valence electrons. The summed E-state index contributed by atoms with van der Waals surface area (Å²) >= 11 is 0. The van der Waals surface area contributed by atoms with Gasteiger partial charge in [0.15, 0.2) is 0 Å². The van der Waals surface area contributed by atoms with Gasteiger partial charge in [0, 0.05) is 24.7 Å². The van der Waals surface area contributed by atoms with Gasteiger partial charge < -0.3 is 10.0 Å². The van der Waals surface area contributed by atoms with Crippen LogP contribution < -0.4 is 0 Å². The molecule has 0 spiro atoms. The van der Waals surface area contributed by atoms with Crippen LogP contribution in [0.25, 0.3) is 0 Å². The molecule has 1 aromatic heterocycles. The van der Waals surface area contributed by atoms with Crippen LogP contribution in [0.15, 0.2) is 18.5 Å². The summed E-state index contributed by atoms with van der Waals surface area (Å²) in [5.74, 6) is -0.489. The number of amides is 1. The zero-order valence-corrected chi connectivity index (χ0v) is 12.0. The number of nitrogens with zero attached hydrogens (tertiary/aromatic N) is 2. The molecule has 1 saturated carbocycles. The summed E-state index contributed by atoms with van der Waals surface area (Å²) in [7, 11) is 0. The summed E-state index contributed by atoms with van der Waals surface area (Å²) < 4.78 is 13.3. The lowest BCUT2D eigenvalue weighted by Gasteiger charge is -2.40. The molecule has 21 heavy (non-hydrogen) atoms. The van der Waals surface area contributed by atoms with Gasteiger partial charge in [-0.2, -0.15) is 0 Å². The van der Waals surface area contributed by atoms with E-state index in [9.17, 15) is 14.3 Å². The van der Waals surface area contributed by atoms with Gasteiger partial charge in [0.1, 0.15) is 5.82 Å². The van der Waals surface area contributed by atoms with E-state index in [1.807, 2.05) is 4.90 Å². The minimum Gasteiger partial charge on any atom is -0.393 e. The average Bonchev–Trinajstić information content (AvgIpc) is 2.92. The second kappa shape index (κ2) is 6.10. The van der Waals surface area contributed by atoms with Gasteiger partial charge in [0.2, 0.25) is 0 Å². The Kier molecular flexibility index (Phi) is 4.19. The molecule has 0 bridgehead atoms. The summed E-state index contributed by atoms with van der Waals surface area (Å²) in [6.07, 6.45) is 8.00. The Morgan fingerprint density at radius 1 is 1.24 bits per heavy atom. The van der Waals surface area contributed by atoms with E-state index in [-0.39, 0.29) is 24.0 Å². The Labute approximate surface area is 124 Å². The van der Waals surface area contributed by atoms with Crippen LogP contribution in [-0.2, 0) is 0 Å². The molecule has 1 aliphatic heterocycles. The fraction of sp³-hybridized carbons (Fsp3) is 0.625. The van der Waals surface area contributed by atoms with E-state index in [1.165, 1.54) is 12.3 Å². The first-order valence-electron chi connectivity index (χ1n) is 7.76. The highest BCUT2D eigenvalue weighted by molar-refractivity contribution is 5.94. The van der Waals surface area contributed by atoms with Crippen molar-refractivity contribution in [3.05, 3.63) is 29.8 Å². The van der Waals surface area contributed by atoms with E-state index < -0.39 is 5.82 Å². The van der Waals surface area contributed by atoms with Crippen molar-refractivity contribution in [2.75, 3.05) is 6.54 Å². The Morgan fingerprint density at radius 3 is 2.81 bits per heavy atom. The third kappa shape index (κ3) is 2.93. The van der Waals surface area contributed by atoms with E-state index in [4.69, 9.17) is 0 Å². The monoisotopic (exact) mass is 292 g/mol. The molecule has 4 nitrogen and oxygen atoms in total. The Hall–Kier alpha value is -1.49. The number of carbonyl (C=O) groups excluding carboxylic acids is 1. The summed E-state index contributed by atoms with van der Waals surface area (Å²) in [5, 5.41) is 10.1. The highest BCUT2D eigenvalue weighted by Gasteiger charge is 2.39. The number of likely N-dealkylation sites (tertiary alicyclic amines) is 1. The molecule has 3 unspecified atom stereocenters. The molecule has 2 fully saturated rings. The Morgan fingerprint density at radius 2 is 2.10 bits per heavy atom. The van der Waals surface area contributed by atoms with E-state index in [0.29, 0.717) is 12.1 Å². The predicted molar refractivity (Wildman–Crippen MR) is 76.2 cm³/mol. The van der Waals surface area contributed by atoms with Gasteiger partial charge >= 0.3 is 0 Å². The maximum Gasteiger partial charge on any atom is 0.255 e. The number of aliphatic hydroxyl groups excluding tert-OH is 1. The largest absolute Gasteiger partial charge is 0.393 e. The molecular formula is C16H21FN2O2. The van der Waals surface area contributed by atoms with Crippen molar-refractivity contribution in [1.82, 2.24) is 9.88 Å². The molecule has 1 aliphatic carbocycles. The maximum atomic E-state index is 13.3. The lowest BCUT2D eigenvalue weighted by molar-refractivity contribution is 0.0287. The molecule has 0 aromatic carbocycles. The van der Waals surface area contributed by atoms with Crippen LogP contribution in [-0.4, -0.2) is 39.6 Å². The number of carbonyl (C=O) groups is 1. The van der Waals surface area contributed by atoms with E-state index in [2.05, 4.69) is 4.98 Å². The summed E-state index contributed by atoms with van der Waals surface area (Å²) in [4.78, 5) is 18.3. The second-order valence-electron chi connectivity index (χ2n) is 6.12. The third-order valence-corrected chi connectivity index (χ3v) is 4.79. The van der Waals surface area contributed by atoms with E-state index in [0.717, 1.165) is 44.7 Å². The second-order valence-corrected chi connectivity index (χ2v) is 6.12. The summed E-state index contributed by atoms with van der Waals surface area (Å²) in [5.41, 5.74) is 0.300. The number of halogens is 1. The minimum atomic E-state index is -0.490. The highest BCUT2D eigenvalue weighted by Crippen LogP contribution is 2.35. The standard InChI is InChI=1S/C16H21FN2O2/c17-12-8-11(9-18-10-12)16(21)19-7-2-1-5-14(19)13-4-3-6-15(13)20/h8-10,13-15,20H,1-7H2. The lowest BCUT2D eigenvalue weighted by atomic mass is 9.87. The first-order chi connectivity index (χ1) is 10.2. The topological polar surface area (TPSA) is 53.4 Å². The van der Waals surface area contributed by atoms with Crippen molar-refractivity contribution >= 4 is 5.91 Å². The molecule has 2 aliphatic rings. The molecule has 3 atom stereocenters. The molecule has 5 heteroatoms. The molecule has 3 rings (SSSR count). The van der Waals surface area contributed by atoms with Gasteiger partial charge in [-0.05, 0) is 38.2 Å². The van der Waals surface area contributed by atoms with Gasteiger partial charge in [0.25, 0.3) is 5.91 Å². The summed E-state index contributed by atoms with van der Waals surface area (Å²) in [6, 6.07) is 1.32. The number of aromatic nitrogens is 1. The molecule has 1 amide bonds. The first-order valence-corrected chi connectivity index (χ1v) is 7.76. The molecule has 1 saturated heterocycles. The molecule has 0 radical (unpaired) electrons. The van der Waals surface area contributed by atoms with Crippen molar-refractivity contribution in [1.29, 1.82) is 0 Å². The molecule has 2 heterocycles. The van der Waals surface area contributed by atoms with Crippen LogP contribution in [0.4, 0.5) is 4.39 Å². The van der Waals surface area contributed by atoms with Gasteiger partial charge in [-0.15, -0.1) is 0 Å². The van der Waals surface area contributed by atoms with Gasteiger partial charge in [-0.25, -0.2) is 4.39 Å². The number of pyridine rings is 1. The van der Waals surface area contributed by atoms with E-state index >= 15 is 0 Å². The maximum absolute atomic E-state index is 13.3. The number of piperidine rings is 1. The quantitative estimate of drug-likeness (QED) is 0.910. The number of hydrogen-bond donors (Lipinski definition) is 1. The van der Waals surface area contributed by atoms with Crippen molar-refractivity contribution in [3.63, 3.8) is 0 Å². The van der Waals surface area contributed by atoms with Gasteiger partial charge in [-0.3, -0.25) is 9.78 Å². The van der Waals surface area contributed by atoms with Crippen LogP contribution in [0.2, 0.25) is 0 Å². The molecular weight excluding hydrogens is 271 g/mol. The Balaban J connectivity index is 1.82. The normalized spacial score (nSPS) is 29.6. The van der Waals surface area contributed by atoms with Gasteiger partial charge in [-0.1, -0.05) is 6.42 Å². The molecule has 1 N–H and O–H groups in total. The van der Waals surface area contributed by atoms with Crippen LogP contribution in [0, 0.1) is 11.7 Å². The number of hydrogen-bond acceptors (Lipinski definition) is 3. The smallest absolute Gasteiger partial charge is 0.255 e. The minimum absolute atomic E-state index is 0.0759. The third-order valence-electron chi connectivity index (χ3n) is 4.79. The van der Waals surface area contributed by atoms with Crippen LogP contribution in [0.5, 0.6) is 0 Å². The van der Waals surface area contributed by atoms with Crippen molar-refractivity contribution in [2.45, 2.75) is 50.7 Å².